The summed E-state index contributed by atoms with van der Waals surface area (Å²) >= 11 is 0. The van der Waals surface area contributed by atoms with Gasteiger partial charge in [0.15, 0.2) is 0 Å². The summed E-state index contributed by atoms with van der Waals surface area (Å²) in [7, 11) is 3.84. The number of rotatable bonds is 7. The summed E-state index contributed by atoms with van der Waals surface area (Å²) in [6, 6.07) is 9.02. The molecule has 1 fully saturated rings. The van der Waals surface area contributed by atoms with Crippen molar-refractivity contribution in [2.75, 3.05) is 20.7 Å². The number of aryl methyl sites for hydroxylation is 1. The summed E-state index contributed by atoms with van der Waals surface area (Å²) in [6.07, 6.45) is 5.89. The molecular formula is C15H23NO. The minimum Gasteiger partial charge on any atom is -0.378 e. The minimum absolute atomic E-state index is 0.227. The van der Waals surface area contributed by atoms with Crippen LogP contribution in [0.5, 0.6) is 0 Å². The molecule has 94 valence electrons. The second kappa shape index (κ2) is 5.65. The van der Waals surface area contributed by atoms with Crippen LogP contribution in [0, 0.1) is 0 Å². The highest BCUT2D eigenvalue weighted by Gasteiger charge is 2.42. The van der Waals surface area contributed by atoms with Gasteiger partial charge in [0.1, 0.15) is 0 Å². The zero-order chi connectivity index (χ0) is 12.1. The van der Waals surface area contributed by atoms with E-state index in [1.165, 1.54) is 30.4 Å². The molecule has 1 N–H and O–H groups in total. The van der Waals surface area contributed by atoms with Gasteiger partial charge in [0, 0.05) is 7.11 Å². The van der Waals surface area contributed by atoms with Gasteiger partial charge in [-0.2, -0.15) is 0 Å². The van der Waals surface area contributed by atoms with Crippen LogP contribution in [0.3, 0.4) is 0 Å². The summed E-state index contributed by atoms with van der Waals surface area (Å²) in [6.45, 7) is 1.05. The third-order valence-corrected chi connectivity index (χ3v) is 3.80. The van der Waals surface area contributed by atoms with Crippen molar-refractivity contribution in [2.45, 2.75) is 37.7 Å². The smallest absolute Gasteiger partial charge is 0.0684 e. The van der Waals surface area contributed by atoms with Gasteiger partial charge in [-0.3, -0.25) is 0 Å². The van der Waals surface area contributed by atoms with Crippen molar-refractivity contribution in [3.05, 3.63) is 35.4 Å². The molecule has 0 aliphatic heterocycles. The number of hydrogen-bond donors (Lipinski definition) is 1. The second-order valence-electron chi connectivity index (χ2n) is 5.06. The van der Waals surface area contributed by atoms with Crippen LogP contribution in [0.2, 0.25) is 0 Å². The van der Waals surface area contributed by atoms with Crippen LogP contribution in [0.15, 0.2) is 24.3 Å². The van der Waals surface area contributed by atoms with Crippen LogP contribution < -0.4 is 5.32 Å². The first-order valence-corrected chi connectivity index (χ1v) is 6.56. The lowest BCUT2D eigenvalue weighted by Gasteiger charge is -2.12. The van der Waals surface area contributed by atoms with Gasteiger partial charge in [-0.15, -0.1) is 0 Å². The predicted octanol–water partition coefficient (Wildman–Crippen LogP) is 2.56. The van der Waals surface area contributed by atoms with Crippen LogP contribution >= 0.6 is 0 Å². The second-order valence-corrected chi connectivity index (χ2v) is 5.06. The average Bonchev–Trinajstić information content (AvgIpc) is 3.16. The fourth-order valence-electron chi connectivity index (χ4n) is 2.21. The van der Waals surface area contributed by atoms with Crippen LogP contribution in [0.4, 0.5) is 0 Å². The Morgan fingerprint density at radius 2 is 1.71 bits per heavy atom. The van der Waals surface area contributed by atoms with Gasteiger partial charge in [-0.25, -0.2) is 0 Å². The Labute approximate surface area is 104 Å². The molecule has 0 heterocycles. The zero-order valence-electron chi connectivity index (χ0n) is 11.0. The van der Waals surface area contributed by atoms with Gasteiger partial charge in [-0.1, -0.05) is 24.3 Å². The Balaban J connectivity index is 1.81. The van der Waals surface area contributed by atoms with E-state index in [1.54, 1.807) is 0 Å². The highest BCUT2D eigenvalue weighted by Crippen LogP contribution is 2.42. The van der Waals surface area contributed by atoms with Gasteiger partial charge in [0.25, 0.3) is 0 Å². The topological polar surface area (TPSA) is 21.3 Å². The Bertz CT molecular complexity index is 340. The molecule has 1 saturated carbocycles. The van der Waals surface area contributed by atoms with Crippen LogP contribution in [0.25, 0.3) is 0 Å². The van der Waals surface area contributed by atoms with Crippen molar-refractivity contribution in [3.8, 4) is 0 Å². The molecule has 0 bridgehead atoms. The highest BCUT2D eigenvalue weighted by molar-refractivity contribution is 5.23. The number of benzene rings is 1. The van der Waals surface area contributed by atoms with E-state index in [9.17, 15) is 0 Å². The maximum Gasteiger partial charge on any atom is 0.0684 e. The highest BCUT2D eigenvalue weighted by atomic mass is 16.5. The van der Waals surface area contributed by atoms with Crippen LogP contribution in [-0.4, -0.2) is 26.3 Å². The quantitative estimate of drug-likeness (QED) is 0.781. The number of likely N-dealkylation sites (N-methyl/N-ethyl adjacent to an activating group) is 1. The van der Waals surface area contributed by atoms with E-state index in [1.807, 2.05) is 14.2 Å². The molecule has 1 aromatic rings. The number of hydrogen-bond acceptors (Lipinski definition) is 2. The lowest BCUT2D eigenvalue weighted by Crippen LogP contribution is -2.12. The third-order valence-electron chi connectivity index (χ3n) is 3.80. The molecule has 2 heteroatoms. The van der Waals surface area contributed by atoms with E-state index in [-0.39, 0.29) is 5.60 Å². The van der Waals surface area contributed by atoms with Crippen molar-refractivity contribution in [2.24, 2.45) is 0 Å². The number of nitrogens with one attached hydrogen (secondary N) is 1. The molecule has 1 aromatic carbocycles. The lowest BCUT2D eigenvalue weighted by molar-refractivity contribution is 0.0731. The van der Waals surface area contributed by atoms with Gasteiger partial charge in [0.05, 0.1) is 5.60 Å². The predicted molar refractivity (Wildman–Crippen MR) is 71.4 cm³/mol. The minimum atomic E-state index is 0.227. The lowest BCUT2D eigenvalue weighted by atomic mass is 10.0. The van der Waals surface area contributed by atoms with Crippen LogP contribution in [0.1, 0.15) is 30.4 Å². The largest absolute Gasteiger partial charge is 0.378 e. The van der Waals surface area contributed by atoms with Crippen molar-refractivity contribution < 1.29 is 4.74 Å². The Hall–Kier alpha value is -0.860. The van der Waals surface area contributed by atoms with Crippen molar-refractivity contribution >= 4 is 0 Å². The summed E-state index contributed by atoms with van der Waals surface area (Å²) in [5.74, 6) is 0. The van der Waals surface area contributed by atoms with E-state index < -0.39 is 0 Å². The first-order valence-electron chi connectivity index (χ1n) is 6.56. The fourth-order valence-corrected chi connectivity index (χ4v) is 2.21. The molecule has 0 amide bonds. The van der Waals surface area contributed by atoms with Gasteiger partial charge < -0.3 is 10.1 Å². The van der Waals surface area contributed by atoms with E-state index in [4.69, 9.17) is 4.74 Å². The summed E-state index contributed by atoms with van der Waals surface area (Å²) in [5.41, 5.74) is 3.07. The van der Waals surface area contributed by atoms with Crippen molar-refractivity contribution in [1.29, 1.82) is 0 Å². The Morgan fingerprint density at radius 1 is 1.12 bits per heavy atom. The molecule has 2 rings (SSSR count). The summed E-state index contributed by atoms with van der Waals surface area (Å²) < 4.78 is 5.54. The van der Waals surface area contributed by atoms with Gasteiger partial charge in [-0.05, 0) is 56.8 Å². The molecule has 1 aliphatic rings. The SMILES string of the molecule is CNCCc1ccc(CCC2(OC)CC2)cc1. The van der Waals surface area contributed by atoms with E-state index in [0.717, 1.165) is 19.4 Å². The van der Waals surface area contributed by atoms with Crippen molar-refractivity contribution in [1.82, 2.24) is 5.32 Å². The molecule has 0 aromatic heterocycles. The zero-order valence-corrected chi connectivity index (χ0v) is 11.0. The van der Waals surface area contributed by atoms with Crippen molar-refractivity contribution in [3.63, 3.8) is 0 Å². The van der Waals surface area contributed by atoms with Gasteiger partial charge in [0.2, 0.25) is 0 Å². The summed E-state index contributed by atoms with van der Waals surface area (Å²) in [5, 5.41) is 3.18. The molecule has 0 radical (unpaired) electrons. The maximum absolute atomic E-state index is 5.54. The fraction of sp³-hybridized carbons (Fsp3) is 0.600. The molecule has 1 aliphatic carbocycles. The standard InChI is InChI=1S/C15H23NO/c1-16-12-8-14-5-3-13(4-6-14)7-9-15(17-2)10-11-15/h3-6,16H,7-12H2,1-2H3. The maximum atomic E-state index is 5.54. The van der Waals surface area contributed by atoms with Gasteiger partial charge >= 0.3 is 0 Å². The van der Waals surface area contributed by atoms with E-state index >= 15 is 0 Å². The summed E-state index contributed by atoms with van der Waals surface area (Å²) in [4.78, 5) is 0. The van der Waals surface area contributed by atoms with E-state index in [0.29, 0.717) is 0 Å². The Kier molecular flexibility index (Phi) is 4.19. The first kappa shape index (κ1) is 12.6. The molecule has 0 unspecified atom stereocenters. The number of methoxy groups -OCH3 is 1. The molecule has 0 spiro atoms. The number of ether oxygens (including phenoxy) is 1. The van der Waals surface area contributed by atoms with E-state index in [2.05, 4.69) is 29.6 Å². The molecular weight excluding hydrogens is 210 g/mol. The molecule has 0 saturated heterocycles. The molecule has 0 atom stereocenters. The molecule has 2 nitrogen and oxygen atoms in total. The van der Waals surface area contributed by atoms with Crippen LogP contribution in [-0.2, 0) is 17.6 Å². The normalized spacial score (nSPS) is 17.1. The Morgan fingerprint density at radius 3 is 2.18 bits per heavy atom. The molecule has 17 heavy (non-hydrogen) atoms. The average molecular weight is 233 g/mol. The third kappa shape index (κ3) is 3.55. The monoisotopic (exact) mass is 233 g/mol. The first-order chi connectivity index (χ1) is 8.28.